The summed E-state index contributed by atoms with van der Waals surface area (Å²) in [7, 11) is 0. The number of hydrogen-bond donors (Lipinski definition) is 2. The lowest BCUT2D eigenvalue weighted by Gasteiger charge is -2.08. The predicted octanol–water partition coefficient (Wildman–Crippen LogP) is 4.05. The van der Waals surface area contributed by atoms with Gasteiger partial charge in [-0.25, -0.2) is 4.79 Å². The van der Waals surface area contributed by atoms with E-state index in [9.17, 15) is 4.79 Å². The predicted molar refractivity (Wildman–Crippen MR) is 82.7 cm³/mol. The molecule has 1 rings (SSSR count). The molecular formula is C16H26N2O2. The summed E-state index contributed by atoms with van der Waals surface area (Å²) in [4.78, 5) is 11.6. The highest BCUT2D eigenvalue weighted by Gasteiger charge is 2.03. The standard InChI is InChI=1S/C16H26N2O2/c1-2-3-4-5-6-7-11-20-16(19)18-15-10-8-9-14(12-15)13-17/h8-10,12H,2-7,11,13,17H2,1H3,(H,18,19). The minimum Gasteiger partial charge on any atom is -0.449 e. The SMILES string of the molecule is CCCCCCCCOC(=O)Nc1cccc(CN)c1. The molecule has 0 aliphatic heterocycles. The second kappa shape index (κ2) is 10.3. The first kappa shape index (κ1) is 16.5. The molecule has 0 bridgehead atoms. The number of hydrogen-bond acceptors (Lipinski definition) is 3. The molecule has 0 saturated carbocycles. The van der Waals surface area contributed by atoms with Gasteiger partial charge in [0.2, 0.25) is 0 Å². The van der Waals surface area contributed by atoms with E-state index in [0.717, 1.165) is 24.1 Å². The van der Waals surface area contributed by atoms with Crippen molar-refractivity contribution in [3.63, 3.8) is 0 Å². The minimum atomic E-state index is -0.396. The molecule has 0 aromatic heterocycles. The number of nitrogens with two attached hydrogens (primary N) is 1. The van der Waals surface area contributed by atoms with E-state index in [1.165, 1.54) is 25.7 Å². The van der Waals surface area contributed by atoms with Gasteiger partial charge in [0.1, 0.15) is 0 Å². The van der Waals surface area contributed by atoms with E-state index in [2.05, 4.69) is 12.2 Å². The zero-order valence-corrected chi connectivity index (χ0v) is 12.4. The summed E-state index contributed by atoms with van der Waals surface area (Å²) in [6.45, 7) is 3.14. The molecule has 4 heteroatoms. The number of ether oxygens (including phenoxy) is 1. The first-order chi connectivity index (χ1) is 9.76. The molecule has 0 aliphatic rings. The lowest BCUT2D eigenvalue weighted by atomic mass is 10.1. The van der Waals surface area contributed by atoms with Crippen LogP contribution >= 0.6 is 0 Å². The van der Waals surface area contributed by atoms with Crippen LogP contribution < -0.4 is 11.1 Å². The van der Waals surface area contributed by atoms with Gasteiger partial charge >= 0.3 is 6.09 Å². The van der Waals surface area contributed by atoms with Gasteiger partial charge in [-0.15, -0.1) is 0 Å². The minimum absolute atomic E-state index is 0.396. The van der Waals surface area contributed by atoms with Crippen molar-refractivity contribution >= 4 is 11.8 Å². The molecule has 0 aliphatic carbocycles. The molecule has 112 valence electrons. The Labute approximate surface area is 121 Å². The van der Waals surface area contributed by atoms with E-state index >= 15 is 0 Å². The third-order valence-electron chi connectivity index (χ3n) is 3.14. The highest BCUT2D eigenvalue weighted by atomic mass is 16.5. The van der Waals surface area contributed by atoms with E-state index in [0.29, 0.717) is 13.2 Å². The van der Waals surface area contributed by atoms with Crippen LogP contribution in [0, 0.1) is 0 Å². The maximum Gasteiger partial charge on any atom is 0.411 e. The Morgan fingerprint density at radius 1 is 1.20 bits per heavy atom. The van der Waals surface area contributed by atoms with Crippen molar-refractivity contribution in [2.24, 2.45) is 5.73 Å². The molecular weight excluding hydrogens is 252 g/mol. The monoisotopic (exact) mass is 278 g/mol. The molecule has 3 N–H and O–H groups in total. The van der Waals surface area contributed by atoms with Crippen LogP contribution in [-0.2, 0) is 11.3 Å². The molecule has 1 aromatic rings. The van der Waals surface area contributed by atoms with Gasteiger partial charge in [0.25, 0.3) is 0 Å². The number of benzene rings is 1. The van der Waals surface area contributed by atoms with Gasteiger partial charge in [-0.1, -0.05) is 51.2 Å². The Balaban J connectivity index is 2.13. The third kappa shape index (κ3) is 7.14. The van der Waals surface area contributed by atoms with Gasteiger partial charge in [-0.2, -0.15) is 0 Å². The van der Waals surface area contributed by atoms with Crippen LogP contribution in [0.3, 0.4) is 0 Å². The fourth-order valence-corrected chi connectivity index (χ4v) is 1.98. The van der Waals surface area contributed by atoms with Gasteiger partial charge in [-0.3, -0.25) is 5.32 Å². The Hall–Kier alpha value is -1.55. The normalized spacial score (nSPS) is 10.3. The smallest absolute Gasteiger partial charge is 0.411 e. The van der Waals surface area contributed by atoms with Crippen molar-refractivity contribution in [2.75, 3.05) is 11.9 Å². The van der Waals surface area contributed by atoms with Crippen molar-refractivity contribution in [1.29, 1.82) is 0 Å². The van der Waals surface area contributed by atoms with Gasteiger partial charge in [0.15, 0.2) is 0 Å². The number of rotatable bonds is 9. The first-order valence-corrected chi connectivity index (χ1v) is 7.49. The van der Waals surface area contributed by atoms with Gasteiger partial charge in [0, 0.05) is 12.2 Å². The zero-order chi connectivity index (χ0) is 14.6. The Morgan fingerprint density at radius 2 is 1.95 bits per heavy atom. The van der Waals surface area contributed by atoms with Gasteiger partial charge in [-0.05, 0) is 24.1 Å². The van der Waals surface area contributed by atoms with Gasteiger partial charge < -0.3 is 10.5 Å². The number of amides is 1. The molecule has 0 atom stereocenters. The summed E-state index contributed by atoms with van der Waals surface area (Å²) in [5.41, 5.74) is 7.26. The molecule has 0 spiro atoms. The summed E-state index contributed by atoms with van der Waals surface area (Å²) in [5.74, 6) is 0. The lowest BCUT2D eigenvalue weighted by Crippen LogP contribution is -2.14. The number of carbonyl (C=O) groups excluding carboxylic acids is 1. The Kier molecular flexibility index (Phi) is 8.47. The van der Waals surface area contributed by atoms with Crippen LogP contribution in [0.5, 0.6) is 0 Å². The maximum absolute atomic E-state index is 11.6. The molecule has 0 unspecified atom stereocenters. The van der Waals surface area contributed by atoms with E-state index in [4.69, 9.17) is 10.5 Å². The zero-order valence-electron chi connectivity index (χ0n) is 12.4. The Morgan fingerprint density at radius 3 is 2.70 bits per heavy atom. The molecule has 0 radical (unpaired) electrons. The van der Waals surface area contributed by atoms with Crippen molar-refractivity contribution in [1.82, 2.24) is 0 Å². The highest BCUT2D eigenvalue weighted by molar-refractivity contribution is 5.84. The second-order valence-electron chi connectivity index (χ2n) is 4.93. The molecule has 20 heavy (non-hydrogen) atoms. The van der Waals surface area contributed by atoms with E-state index in [1.54, 1.807) is 0 Å². The quantitative estimate of drug-likeness (QED) is 0.670. The average Bonchev–Trinajstić information content (AvgIpc) is 2.46. The molecule has 1 aromatic carbocycles. The van der Waals surface area contributed by atoms with Crippen LogP contribution in [0.2, 0.25) is 0 Å². The maximum atomic E-state index is 11.6. The van der Waals surface area contributed by atoms with Crippen LogP contribution in [0.15, 0.2) is 24.3 Å². The third-order valence-corrected chi connectivity index (χ3v) is 3.14. The average molecular weight is 278 g/mol. The van der Waals surface area contributed by atoms with Crippen LogP contribution in [-0.4, -0.2) is 12.7 Å². The molecule has 0 saturated heterocycles. The number of anilines is 1. The fraction of sp³-hybridized carbons (Fsp3) is 0.562. The molecule has 0 heterocycles. The second-order valence-corrected chi connectivity index (χ2v) is 4.93. The first-order valence-electron chi connectivity index (χ1n) is 7.49. The summed E-state index contributed by atoms with van der Waals surface area (Å²) in [6, 6.07) is 7.47. The lowest BCUT2D eigenvalue weighted by molar-refractivity contribution is 0.159. The van der Waals surface area contributed by atoms with Crippen molar-refractivity contribution in [3.05, 3.63) is 29.8 Å². The molecule has 4 nitrogen and oxygen atoms in total. The van der Waals surface area contributed by atoms with Gasteiger partial charge in [0.05, 0.1) is 6.61 Å². The van der Waals surface area contributed by atoms with Crippen LogP contribution in [0.4, 0.5) is 10.5 Å². The topological polar surface area (TPSA) is 64.3 Å². The largest absolute Gasteiger partial charge is 0.449 e. The molecule has 0 fully saturated rings. The summed E-state index contributed by atoms with van der Waals surface area (Å²) in [5, 5.41) is 2.71. The van der Waals surface area contributed by atoms with Crippen molar-refractivity contribution in [3.8, 4) is 0 Å². The number of nitrogens with one attached hydrogen (secondary N) is 1. The number of carbonyl (C=O) groups is 1. The van der Waals surface area contributed by atoms with E-state index < -0.39 is 6.09 Å². The summed E-state index contributed by atoms with van der Waals surface area (Å²) in [6.07, 6.45) is 6.69. The fourth-order valence-electron chi connectivity index (χ4n) is 1.98. The molecule has 1 amide bonds. The summed E-state index contributed by atoms with van der Waals surface area (Å²) >= 11 is 0. The number of unbranched alkanes of at least 4 members (excludes halogenated alkanes) is 5. The van der Waals surface area contributed by atoms with E-state index in [1.807, 2.05) is 24.3 Å². The Bertz CT molecular complexity index is 394. The highest BCUT2D eigenvalue weighted by Crippen LogP contribution is 2.10. The van der Waals surface area contributed by atoms with Crippen LogP contribution in [0.1, 0.15) is 51.0 Å². The van der Waals surface area contributed by atoms with E-state index in [-0.39, 0.29) is 0 Å². The van der Waals surface area contributed by atoms with Crippen molar-refractivity contribution in [2.45, 2.75) is 52.0 Å². The van der Waals surface area contributed by atoms with Crippen LogP contribution in [0.25, 0.3) is 0 Å². The summed E-state index contributed by atoms with van der Waals surface area (Å²) < 4.78 is 5.14. The van der Waals surface area contributed by atoms with Crippen molar-refractivity contribution < 1.29 is 9.53 Å².